The number of aromatic nitrogens is 2. The molecule has 1 unspecified atom stereocenters. The van der Waals surface area contributed by atoms with Gasteiger partial charge in [-0.3, -0.25) is 23.4 Å². The highest BCUT2D eigenvalue weighted by molar-refractivity contribution is 7.47. The summed E-state index contributed by atoms with van der Waals surface area (Å²) in [5.74, 6) is 0. The van der Waals surface area contributed by atoms with Crippen molar-refractivity contribution in [3.63, 3.8) is 0 Å². The number of aryl methyl sites for hydroxylation is 1. The van der Waals surface area contributed by atoms with Crippen LogP contribution >= 0.6 is 7.82 Å². The van der Waals surface area contributed by atoms with Crippen molar-refractivity contribution in [2.45, 2.75) is 50.8 Å². The lowest BCUT2D eigenvalue weighted by Gasteiger charge is -2.22. The summed E-state index contributed by atoms with van der Waals surface area (Å²) in [5, 5.41) is 13.9. The van der Waals surface area contributed by atoms with Gasteiger partial charge >= 0.3 is 13.5 Å². The molecule has 0 radical (unpaired) electrons. The van der Waals surface area contributed by atoms with Crippen LogP contribution in [0.4, 0.5) is 0 Å². The summed E-state index contributed by atoms with van der Waals surface area (Å²) in [7, 11) is -4.53. The van der Waals surface area contributed by atoms with Gasteiger partial charge in [-0.2, -0.15) is 0 Å². The zero-order chi connectivity index (χ0) is 20.5. The van der Waals surface area contributed by atoms with Crippen LogP contribution in [0, 0.1) is 11.8 Å². The first-order valence-electron chi connectivity index (χ1n) is 8.61. The highest BCUT2D eigenvalue weighted by Crippen LogP contribution is 2.47. The van der Waals surface area contributed by atoms with Crippen molar-refractivity contribution in [1.29, 1.82) is 0 Å². The second-order valence-corrected chi connectivity index (χ2v) is 8.03. The van der Waals surface area contributed by atoms with Crippen LogP contribution in [0.25, 0.3) is 0 Å². The summed E-state index contributed by atoms with van der Waals surface area (Å²) >= 11 is 0. The van der Waals surface area contributed by atoms with Gasteiger partial charge in [-0.25, -0.2) is 14.4 Å². The first-order chi connectivity index (χ1) is 13.2. The van der Waals surface area contributed by atoms with E-state index in [9.17, 15) is 29.1 Å². The normalized spacial score (nSPS) is 29.8. The largest absolute Gasteiger partial charge is 0.474 e. The van der Waals surface area contributed by atoms with E-state index in [1.165, 1.54) is 13.1 Å². The third-order valence-corrected chi connectivity index (χ3v) is 5.58. The van der Waals surface area contributed by atoms with E-state index in [0.717, 1.165) is 9.58 Å². The lowest BCUT2D eigenvalue weighted by molar-refractivity contribution is -0.0521. The molecular formula is C14H21N4O9P. The summed E-state index contributed by atoms with van der Waals surface area (Å²) in [4.78, 5) is 46.0. The number of H-pyrrole nitrogens is 1. The van der Waals surface area contributed by atoms with E-state index >= 15 is 0 Å². The minimum Gasteiger partial charge on any atom is -0.390 e. The van der Waals surface area contributed by atoms with Gasteiger partial charge in [-0.05, 0) is 19.8 Å². The number of nitrogens with zero attached hydrogens (tertiary/aromatic N) is 3. The molecule has 2 fully saturated rings. The standard InChI is InChI=1S/C14H21N4O9P/c1-8-6-17(14(21)15-13(8)20)12-5-9(19)10(26-12)7-25-28(23,24)27-11-3-2-4-18(11)16-22/h6,9-12,19H,2-5,7H2,1H3,(H,23,24)(H,15,20,21)/t9-,10+,11-,12+/m0/s1. The van der Waals surface area contributed by atoms with Gasteiger partial charge in [0, 0.05) is 24.7 Å². The second kappa shape index (κ2) is 8.23. The Morgan fingerprint density at radius 2 is 2.21 bits per heavy atom. The molecular weight excluding hydrogens is 399 g/mol. The number of hydrogen-bond donors (Lipinski definition) is 3. The molecule has 14 heteroatoms. The Hall–Kier alpha value is -1.89. The van der Waals surface area contributed by atoms with Crippen LogP contribution in [0.15, 0.2) is 21.1 Å². The molecule has 1 aromatic heterocycles. The van der Waals surface area contributed by atoms with Crippen molar-refractivity contribution in [1.82, 2.24) is 14.6 Å². The number of ether oxygens (including phenoxy) is 1. The molecule has 0 aromatic carbocycles. The summed E-state index contributed by atoms with van der Waals surface area (Å²) in [6.07, 6.45) is -1.67. The molecule has 28 heavy (non-hydrogen) atoms. The van der Waals surface area contributed by atoms with Gasteiger partial charge in [-0.1, -0.05) is 0 Å². The molecule has 1 aromatic rings. The number of hydrogen-bond acceptors (Lipinski definition) is 9. The number of aliphatic hydroxyl groups is 1. The molecule has 13 nitrogen and oxygen atoms in total. The SMILES string of the molecule is Cc1cn([C@H]2C[C@H](O)[C@@H](COP(=O)(O)O[C@H]3CCCN3N=O)O2)c(=O)[nH]c1=O. The van der Waals surface area contributed by atoms with Gasteiger partial charge < -0.3 is 14.7 Å². The first-order valence-corrected chi connectivity index (χ1v) is 10.1. The fraction of sp³-hybridized carbons (Fsp3) is 0.714. The minimum atomic E-state index is -4.53. The Labute approximate surface area is 158 Å². The number of phosphoric acid groups is 1. The molecule has 0 aliphatic carbocycles. The molecule has 2 aliphatic rings. The highest BCUT2D eigenvalue weighted by atomic mass is 31.2. The van der Waals surface area contributed by atoms with E-state index < -0.39 is 50.3 Å². The van der Waals surface area contributed by atoms with Crippen LogP contribution < -0.4 is 11.2 Å². The lowest BCUT2D eigenvalue weighted by atomic mass is 10.2. The van der Waals surface area contributed by atoms with Crippen molar-refractivity contribution in [2.24, 2.45) is 5.29 Å². The predicted molar refractivity (Wildman–Crippen MR) is 93.0 cm³/mol. The van der Waals surface area contributed by atoms with E-state index in [0.29, 0.717) is 19.4 Å². The number of aromatic amines is 1. The first kappa shape index (κ1) is 20.8. The van der Waals surface area contributed by atoms with Crippen molar-refractivity contribution in [2.75, 3.05) is 13.2 Å². The summed E-state index contributed by atoms with van der Waals surface area (Å²) in [5.41, 5.74) is -0.937. The predicted octanol–water partition coefficient (Wildman–Crippen LogP) is -0.270. The Balaban J connectivity index is 1.60. The number of rotatable bonds is 7. The van der Waals surface area contributed by atoms with Gasteiger partial charge in [0.05, 0.1) is 18.0 Å². The maximum absolute atomic E-state index is 12.1. The Morgan fingerprint density at radius 3 is 2.93 bits per heavy atom. The van der Waals surface area contributed by atoms with Crippen molar-refractivity contribution in [3.8, 4) is 0 Å². The van der Waals surface area contributed by atoms with Gasteiger partial charge in [0.1, 0.15) is 12.3 Å². The molecule has 0 spiro atoms. The topological polar surface area (TPSA) is 173 Å². The van der Waals surface area contributed by atoms with Crippen LogP contribution in [0.1, 0.15) is 31.1 Å². The quantitative estimate of drug-likeness (QED) is 0.394. The maximum Gasteiger partial charge on any atom is 0.474 e. The number of nitroso groups, excluding NO2 is 1. The zero-order valence-electron chi connectivity index (χ0n) is 15.0. The second-order valence-electron chi connectivity index (χ2n) is 6.62. The van der Waals surface area contributed by atoms with Crippen LogP contribution in [0.2, 0.25) is 0 Å². The third-order valence-electron chi connectivity index (χ3n) is 4.59. The van der Waals surface area contributed by atoms with E-state index in [1.54, 1.807) is 0 Å². The Morgan fingerprint density at radius 1 is 1.46 bits per heavy atom. The smallest absolute Gasteiger partial charge is 0.390 e. The van der Waals surface area contributed by atoms with Gasteiger partial charge in [0.15, 0.2) is 6.23 Å². The molecule has 0 saturated carbocycles. The molecule has 0 amide bonds. The summed E-state index contributed by atoms with van der Waals surface area (Å²) in [6, 6.07) is 0. The van der Waals surface area contributed by atoms with Crippen LogP contribution in [0.3, 0.4) is 0 Å². The van der Waals surface area contributed by atoms with Crippen LogP contribution in [0.5, 0.6) is 0 Å². The molecule has 156 valence electrons. The molecule has 3 rings (SSSR count). The Bertz CT molecular complexity index is 886. The van der Waals surface area contributed by atoms with E-state index in [-0.39, 0.29) is 12.0 Å². The summed E-state index contributed by atoms with van der Waals surface area (Å²) < 4.78 is 28.6. The van der Waals surface area contributed by atoms with Crippen molar-refractivity contribution < 1.29 is 28.3 Å². The lowest BCUT2D eigenvalue weighted by Crippen LogP contribution is -2.33. The average Bonchev–Trinajstić information content (AvgIpc) is 3.22. The van der Waals surface area contributed by atoms with E-state index in [4.69, 9.17) is 13.8 Å². The molecule has 5 atom stereocenters. The van der Waals surface area contributed by atoms with Crippen LogP contribution in [-0.2, 0) is 18.3 Å². The average molecular weight is 420 g/mol. The third kappa shape index (κ3) is 4.57. The molecule has 2 aliphatic heterocycles. The van der Waals surface area contributed by atoms with E-state index in [1.807, 2.05) is 0 Å². The monoisotopic (exact) mass is 420 g/mol. The van der Waals surface area contributed by atoms with Crippen LogP contribution in [-0.4, -0.2) is 56.1 Å². The fourth-order valence-electron chi connectivity index (χ4n) is 3.11. The van der Waals surface area contributed by atoms with Gasteiger partial charge in [0.2, 0.25) is 0 Å². The van der Waals surface area contributed by atoms with Gasteiger partial charge in [0.25, 0.3) is 5.56 Å². The molecule has 0 bridgehead atoms. The number of nitrogens with one attached hydrogen (secondary N) is 1. The maximum atomic E-state index is 12.1. The highest BCUT2D eigenvalue weighted by Gasteiger charge is 2.39. The molecule has 3 heterocycles. The zero-order valence-corrected chi connectivity index (χ0v) is 15.9. The molecule has 2 saturated heterocycles. The number of aliphatic hydroxyl groups excluding tert-OH is 1. The van der Waals surface area contributed by atoms with Crippen molar-refractivity contribution in [3.05, 3.63) is 37.5 Å². The molecule has 3 N–H and O–H groups in total. The summed E-state index contributed by atoms with van der Waals surface area (Å²) in [6.45, 7) is 1.35. The van der Waals surface area contributed by atoms with Gasteiger partial charge in [-0.15, -0.1) is 4.91 Å². The van der Waals surface area contributed by atoms with Crippen molar-refractivity contribution >= 4 is 7.82 Å². The van der Waals surface area contributed by atoms with E-state index in [2.05, 4.69) is 10.3 Å². The number of phosphoric ester groups is 1. The Kier molecular flexibility index (Phi) is 6.12. The minimum absolute atomic E-state index is 0.0153. The fourth-order valence-corrected chi connectivity index (χ4v) is 4.03.